The fraction of sp³-hybridized carbons (Fsp3) is 0.263. The van der Waals surface area contributed by atoms with E-state index in [0.717, 1.165) is 4.88 Å². The average Bonchev–Trinajstić information content (AvgIpc) is 3.28. The van der Waals surface area contributed by atoms with Gasteiger partial charge in [-0.05, 0) is 25.3 Å². The molecule has 7 nitrogen and oxygen atoms in total. The van der Waals surface area contributed by atoms with Gasteiger partial charge in [0, 0.05) is 12.1 Å². The number of aromatic nitrogens is 2. The molecule has 3 heterocycles. The van der Waals surface area contributed by atoms with Gasteiger partial charge in [0.15, 0.2) is 23.0 Å². The third-order valence-electron chi connectivity index (χ3n) is 4.13. The molecule has 140 valence electrons. The lowest BCUT2D eigenvalue weighted by molar-refractivity contribution is 0.0687. The maximum absolute atomic E-state index is 11.7. The zero-order valence-electron chi connectivity index (χ0n) is 15.1. The Morgan fingerprint density at radius 2 is 2.19 bits per heavy atom. The predicted molar refractivity (Wildman–Crippen MR) is 100 cm³/mol. The number of methoxy groups -OCH3 is 1. The molecule has 0 fully saturated rings. The van der Waals surface area contributed by atoms with Gasteiger partial charge < -0.3 is 19.3 Å². The molecule has 1 aromatic carbocycles. The summed E-state index contributed by atoms with van der Waals surface area (Å²) in [6.07, 6.45) is -0.0462. The lowest BCUT2D eigenvalue weighted by Gasteiger charge is -2.24. The van der Waals surface area contributed by atoms with Gasteiger partial charge in [-0.25, -0.2) is 9.78 Å². The van der Waals surface area contributed by atoms with Gasteiger partial charge in [-0.15, -0.1) is 11.3 Å². The number of imidazole rings is 1. The van der Waals surface area contributed by atoms with Gasteiger partial charge in [-0.2, -0.15) is 0 Å². The normalized spacial score (nSPS) is 12.3. The lowest BCUT2D eigenvalue weighted by Crippen LogP contribution is -2.16. The second-order valence-corrected chi connectivity index (χ2v) is 7.22. The minimum atomic E-state index is -1.08. The Hall–Kier alpha value is -3.00. The van der Waals surface area contributed by atoms with E-state index in [1.165, 1.54) is 11.3 Å². The molecular formula is C19H18N2O5S. The van der Waals surface area contributed by atoms with Gasteiger partial charge >= 0.3 is 5.97 Å². The molecule has 4 rings (SSSR count). The minimum Gasteiger partial charge on any atom is -0.493 e. The van der Waals surface area contributed by atoms with E-state index in [-0.39, 0.29) is 18.4 Å². The molecule has 8 heteroatoms. The maximum atomic E-state index is 11.7. The van der Waals surface area contributed by atoms with Gasteiger partial charge in [0.2, 0.25) is 0 Å². The summed E-state index contributed by atoms with van der Waals surface area (Å²) in [6, 6.07) is 7.38. The van der Waals surface area contributed by atoms with Crippen molar-refractivity contribution in [3.8, 4) is 33.6 Å². The smallest absolute Gasteiger partial charge is 0.356 e. The number of hydrogen-bond acceptors (Lipinski definition) is 6. The molecule has 0 amide bonds. The Morgan fingerprint density at radius 1 is 1.37 bits per heavy atom. The number of nitrogens with zero attached hydrogens (tertiary/aromatic N) is 2. The van der Waals surface area contributed by atoms with Crippen molar-refractivity contribution in [2.24, 2.45) is 0 Å². The molecule has 1 aliphatic heterocycles. The average molecular weight is 386 g/mol. The number of thiophene rings is 1. The summed E-state index contributed by atoms with van der Waals surface area (Å²) in [5.74, 6) is 1.19. The fourth-order valence-corrected chi connectivity index (χ4v) is 3.76. The van der Waals surface area contributed by atoms with Crippen LogP contribution in [0.3, 0.4) is 0 Å². The van der Waals surface area contributed by atoms with E-state index in [4.69, 9.17) is 14.2 Å². The SMILES string of the molecule is COc1cc2c(cc1OC(C)C)-n1c(-c3cccs3)nc(C(=O)O)c1CO2. The first-order valence-corrected chi connectivity index (χ1v) is 9.28. The predicted octanol–water partition coefficient (Wildman–Crippen LogP) is 3.99. The molecule has 0 spiro atoms. The molecule has 0 atom stereocenters. The van der Waals surface area contributed by atoms with Crippen molar-refractivity contribution in [3.05, 3.63) is 41.0 Å². The molecular weight excluding hydrogens is 368 g/mol. The van der Waals surface area contributed by atoms with Crippen LogP contribution in [0, 0.1) is 0 Å². The first-order chi connectivity index (χ1) is 13.0. The Bertz CT molecular complexity index is 1010. The molecule has 0 saturated heterocycles. The number of fused-ring (bicyclic) bond motifs is 3. The third-order valence-corrected chi connectivity index (χ3v) is 5.00. The molecule has 2 aromatic heterocycles. The van der Waals surface area contributed by atoms with Crippen LogP contribution in [0.1, 0.15) is 30.0 Å². The lowest BCUT2D eigenvalue weighted by atomic mass is 10.2. The van der Waals surface area contributed by atoms with Crippen LogP contribution in [0.15, 0.2) is 29.6 Å². The van der Waals surface area contributed by atoms with E-state index >= 15 is 0 Å². The molecule has 27 heavy (non-hydrogen) atoms. The summed E-state index contributed by atoms with van der Waals surface area (Å²) in [6.45, 7) is 3.97. The van der Waals surface area contributed by atoms with Crippen LogP contribution in [-0.4, -0.2) is 33.8 Å². The van der Waals surface area contributed by atoms with Gasteiger partial charge in [0.05, 0.1) is 29.5 Å². The first kappa shape index (κ1) is 17.4. The molecule has 0 unspecified atom stereocenters. The summed E-state index contributed by atoms with van der Waals surface area (Å²) in [5.41, 5.74) is 1.17. The molecule has 1 aliphatic rings. The van der Waals surface area contributed by atoms with E-state index in [1.54, 1.807) is 19.2 Å². The van der Waals surface area contributed by atoms with Crippen molar-refractivity contribution >= 4 is 17.3 Å². The van der Waals surface area contributed by atoms with Gasteiger partial charge in [-0.1, -0.05) is 6.07 Å². The number of hydrogen-bond donors (Lipinski definition) is 1. The first-order valence-electron chi connectivity index (χ1n) is 8.40. The van der Waals surface area contributed by atoms with Crippen molar-refractivity contribution in [2.45, 2.75) is 26.6 Å². The van der Waals surface area contributed by atoms with E-state index in [0.29, 0.717) is 34.5 Å². The van der Waals surface area contributed by atoms with Crippen molar-refractivity contribution in [1.82, 2.24) is 9.55 Å². The van der Waals surface area contributed by atoms with Gasteiger partial charge in [-0.3, -0.25) is 4.57 Å². The number of aromatic carboxylic acids is 1. The number of benzene rings is 1. The highest BCUT2D eigenvalue weighted by molar-refractivity contribution is 7.13. The minimum absolute atomic E-state index is 0.00815. The Labute approximate surface area is 159 Å². The summed E-state index contributed by atoms with van der Waals surface area (Å²) in [4.78, 5) is 17.0. The summed E-state index contributed by atoms with van der Waals surface area (Å²) >= 11 is 1.50. The van der Waals surface area contributed by atoms with Crippen LogP contribution in [0.2, 0.25) is 0 Å². The Morgan fingerprint density at radius 3 is 2.81 bits per heavy atom. The van der Waals surface area contributed by atoms with Crippen LogP contribution >= 0.6 is 11.3 Å². The number of rotatable bonds is 5. The van der Waals surface area contributed by atoms with Gasteiger partial charge in [0.1, 0.15) is 12.4 Å². The summed E-state index contributed by atoms with van der Waals surface area (Å²) < 4.78 is 19.0. The molecule has 0 saturated carbocycles. The van der Waals surface area contributed by atoms with Crippen molar-refractivity contribution < 1.29 is 24.1 Å². The third kappa shape index (κ3) is 2.91. The molecule has 1 N–H and O–H groups in total. The van der Waals surface area contributed by atoms with E-state index in [2.05, 4.69) is 4.98 Å². The van der Waals surface area contributed by atoms with Gasteiger partial charge in [0.25, 0.3) is 0 Å². The number of carbonyl (C=O) groups is 1. The second-order valence-electron chi connectivity index (χ2n) is 6.27. The largest absolute Gasteiger partial charge is 0.493 e. The summed E-state index contributed by atoms with van der Waals surface area (Å²) in [5, 5.41) is 11.5. The van der Waals surface area contributed by atoms with E-state index in [1.807, 2.05) is 35.9 Å². The summed E-state index contributed by atoms with van der Waals surface area (Å²) in [7, 11) is 1.57. The maximum Gasteiger partial charge on any atom is 0.356 e. The van der Waals surface area contributed by atoms with Crippen LogP contribution < -0.4 is 14.2 Å². The zero-order valence-corrected chi connectivity index (χ0v) is 15.9. The highest BCUT2D eigenvalue weighted by Gasteiger charge is 2.30. The zero-order chi connectivity index (χ0) is 19.1. The second kappa shape index (κ2) is 6.62. The van der Waals surface area contributed by atoms with Crippen LogP contribution in [0.4, 0.5) is 0 Å². The van der Waals surface area contributed by atoms with Crippen molar-refractivity contribution in [1.29, 1.82) is 0 Å². The Kier molecular flexibility index (Phi) is 4.27. The highest BCUT2D eigenvalue weighted by atomic mass is 32.1. The number of carboxylic acid groups (broad SMARTS) is 1. The van der Waals surface area contributed by atoms with Crippen molar-refractivity contribution in [2.75, 3.05) is 7.11 Å². The molecule has 0 bridgehead atoms. The number of carboxylic acids is 1. The van der Waals surface area contributed by atoms with Crippen LogP contribution in [-0.2, 0) is 6.61 Å². The molecule has 0 radical (unpaired) electrons. The van der Waals surface area contributed by atoms with E-state index < -0.39 is 5.97 Å². The quantitative estimate of drug-likeness (QED) is 0.714. The fourth-order valence-electron chi connectivity index (χ4n) is 3.06. The standard InChI is InChI=1S/C19H18N2O5S/c1-10(2)26-15-7-11-13(8-14(15)24-3)25-9-12-17(19(22)23)20-18(21(11)12)16-5-4-6-27-16/h4-8,10H,9H2,1-3H3,(H,22,23). The highest BCUT2D eigenvalue weighted by Crippen LogP contribution is 2.43. The Balaban J connectivity index is 1.97. The topological polar surface area (TPSA) is 82.8 Å². The monoisotopic (exact) mass is 386 g/mol. The number of ether oxygens (including phenoxy) is 3. The van der Waals surface area contributed by atoms with Crippen LogP contribution in [0.5, 0.6) is 17.2 Å². The molecule has 3 aromatic rings. The van der Waals surface area contributed by atoms with Crippen molar-refractivity contribution in [3.63, 3.8) is 0 Å². The molecule has 0 aliphatic carbocycles. The van der Waals surface area contributed by atoms with Crippen LogP contribution in [0.25, 0.3) is 16.4 Å². The van der Waals surface area contributed by atoms with E-state index in [9.17, 15) is 9.90 Å².